The monoisotopic (exact) mass is 440 g/mol. The molecule has 0 N–H and O–H groups in total. The molecule has 0 spiro atoms. The highest BCUT2D eigenvalue weighted by molar-refractivity contribution is 6.31. The predicted molar refractivity (Wildman–Crippen MR) is 118 cm³/mol. The zero-order valence-corrected chi connectivity index (χ0v) is 18.2. The Bertz CT molecular complexity index is 985. The molecule has 6 nitrogen and oxygen atoms in total. The largest absolute Gasteiger partial charge is 0.497 e. The lowest BCUT2D eigenvalue weighted by atomic mass is 9.92. The number of rotatable bonds is 5. The molecule has 0 aromatic heterocycles. The molecule has 2 aromatic carbocycles. The molecule has 2 fully saturated rings. The maximum atomic E-state index is 13.6. The van der Waals surface area contributed by atoms with Crippen molar-refractivity contribution in [2.75, 3.05) is 12.0 Å². The number of carbonyl (C=O) groups is 3. The first-order valence-corrected chi connectivity index (χ1v) is 11.0. The molecule has 1 aliphatic carbocycles. The third kappa shape index (κ3) is 4.30. The number of methoxy groups -OCH3 is 1. The first-order valence-electron chi connectivity index (χ1n) is 10.6. The zero-order chi connectivity index (χ0) is 22.0. The summed E-state index contributed by atoms with van der Waals surface area (Å²) >= 11 is 5.95. The van der Waals surface area contributed by atoms with Crippen molar-refractivity contribution in [1.82, 2.24) is 4.90 Å². The quantitative estimate of drug-likeness (QED) is 0.644. The summed E-state index contributed by atoms with van der Waals surface area (Å²) in [6.07, 6.45) is 4.76. The summed E-state index contributed by atoms with van der Waals surface area (Å²) < 4.78 is 5.27. The summed E-state index contributed by atoms with van der Waals surface area (Å²) in [5.74, 6) is -0.341. The second kappa shape index (κ2) is 9.10. The van der Waals surface area contributed by atoms with Gasteiger partial charge in [-0.15, -0.1) is 0 Å². The van der Waals surface area contributed by atoms with E-state index in [1.807, 2.05) is 0 Å². The lowest BCUT2D eigenvalue weighted by Gasteiger charge is -2.37. The molecule has 1 unspecified atom stereocenters. The van der Waals surface area contributed by atoms with Gasteiger partial charge >= 0.3 is 0 Å². The van der Waals surface area contributed by atoms with E-state index in [1.165, 1.54) is 4.90 Å². The number of halogens is 1. The first kappa shape index (κ1) is 21.4. The van der Waals surface area contributed by atoms with Gasteiger partial charge in [-0.3, -0.25) is 14.4 Å². The fourth-order valence-corrected chi connectivity index (χ4v) is 4.65. The van der Waals surface area contributed by atoms with Gasteiger partial charge in [0.25, 0.3) is 11.8 Å². The van der Waals surface area contributed by atoms with Gasteiger partial charge in [0.2, 0.25) is 5.91 Å². The molecule has 2 aliphatic rings. The number of benzene rings is 2. The summed E-state index contributed by atoms with van der Waals surface area (Å²) in [6.45, 7) is 0. The Morgan fingerprint density at radius 3 is 2.45 bits per heavy atom. The van der Waals surface area contributed by atoms with Gasteiger partial charge in [0.15, 0.2) is 0 Å². The number of nitrogens with zero attached hydrogens (tertiary/aromatic N) is 2. The molecular formula is C24H25ClN2O4. The van der Waals surface area contributed by atoms with Gasteiger partial charge in [0, 0.05) is 16.6 Å². The fraction of sp³-hybridized carbons (Fsp3) is 0.375. The van der Waals surface area contributed by atoms with Crippen LogP contribution in [-0.2, 0) is 9.59 Å². The number of ether oxygens (including phenoxy) is 1. The van der Waals surface area contributed by atoms with E-state index in [0.29, 0.717) is 22.0 Å². The molecule has 31 heavy (non-hydrogen) atoms. The molecule has 1 heterocycles. The molecule has 7 heteroatoms. The number of imide groups is 1. The van der Waals surface area contributed by atoms with E-state index in [0.717, 1.165) is 32.1 Å². The summed E-state index contributed by atoms with van der Waals surface area (Å²) in [5.41, 5.74) is 0.925. The molecule has 1 atom stereocenters. The van der Waals surface area contributed by atoms with Crippen LogP contribution in [0.25, 0.3) is 0 Å². The third-order valence-corrected chi connectivity index (χ3v) is 6.31. The van der Waals surface area contributed by atoms with E-state index in [4.69, 9.17) is 16.3 Å². The summed E-state index contributed by atoms with van der Waals surface area (Å²) in [7, 11) is 1.55. The average molecular weight is 441 g/mol. The molecule has 0 bridgehead atoms. The van der Waals surface area contributed by atoms with E-state index in [1.54, 1.807) is 60.5 Å². The van der Waals surface area contributed by atoms with Crippen molar-refractivity contribution in [1.29, 1.82) is 0 Å². The van der Waals surface area contributed by atoms with Gasteiger partial charge in [-0.1, -0.05) is 36.9 Å². The van der Waals surface area contributed by atoms with Crippen LogP contribution in [0.2, 0.25) is 5.02 Å². The molecule has 1 aliphatic heterocycles. The Morgan fingerprint density at radius 1 is 1.06 bits per heavy atom. The van der Waals surface area contributed by atoms with Crippen molar-refractivity contribution in [3.05, 3.63) is 59.1 Å². The molecule has 3 amide bonds. The number of hydrogen-bond donors (Lipinski definition) is 0. The first-order chi connectivity index (χ1) is 15.0. The molecule has 162 valence electrons. The minimum Gasteiger partial charge on any atom is -0.497 e. The lowest BCUT2D eigenvalue weighted by Crippen LogP contribution is -2.51. The zero-order valence-electron chi connectivity index (χ0n) is 17.4. The van der Waals surface area contributed by atoms with Crippen LogP contribution in [0, 0.1) is 0 Å². The van der Waals surface area contributed by atoms with Crippen LogP contribution in [0.1, 0.15) is 48.9 Å². The Labute approximate surface area is 186 Å². The smallest absolute Gasteiger partial charge is 0.257 e. The maximum absolute atomic E-state index is 13.6. The highest BCUT2D eigenvalue weighted by atomic mass is 35.5. The van der Waals surface area contributed by atoms with Crippen molar-refractivity contribution in [2.24, 2.45) is 0 Å². The predicted octanol–water partition coefficient (Wildman–Crippen LogP) is 4.46. The van der Waals surface area contributed by atoms with E-state index >= 15 is 0 Å². The standard InChI is InChI=1S/C24H25ClN2O4/c1-31-20-9-5-6-16(14-20)23(29)26(18-7-3-2-4-8-18)21-15-22(28)27(24(21)30)19-12-10-17(25)11-13-19/h5-6,9-14,18,21H,2-4,7-8,15H2,1H3. The van der Waals surface area contributed by atoms with Crippen molar-refractivity contribution in [3.63, 3.8) is 0 Å². The van der Waals surface area contributed by atoms with Crippen LogP contribution < -0.4 is 9.64 Å². The summed E-state index contributed by atoms with van der Waals surface area (Å²) in [6, 6.07) is 12.6. The minimum atomic E-state index is -0.815. The van der Waals surface area contributed by atoms with Crippen molar-refractivity contribution < 1.29 is 19.1 Å². The normalized spacial score (nSPS) is 19.5. The van der Waals surface area contributed by atoms with Crippen LogP contribution in [0.15, 0.2) is 48.5 Å². The van der Waals surface area contributed by atoms with Gasteiger partial charge in [-0.05, 0) is 55.3 Å². The summed E-state index contributed by atoms with van der Waals surface area (Å²) in [5, 5.41) is 0.524. The van der Waals surface area contributed by atoms with Gasteiger partial charge in [0.05, 0.1) is 19.2 Å². The Balaban J connectivity index is 1.68. The molecular weight excluding hydrogens is 416 g/mol. The van der Waals surface area contributed by atoms with Crippen LogP contribution in [0.3, 0.4) is 0 Å². The lowest BCUT2D eigenvalue weighted by molar-refractivity contribution is -0.123. The van der Waals surface area contributed by atoms with Crippen molar-refractivity contribution in [2.45, 2.75) is 50.6 Å². The summed E-state index contributed by atoms with van der Waals surface area (Å²) in [4.78, 5) is 42.7. The Kier molecular flexibility index (Phi) is 6.28. The Hall–Kier alpha value is -2.86. The fourth-order valence-electron chi connectivity index (χ4n) is 4.52. The number of anilines is 1. The molecule has 1 saturated carbocycles. The number of amides is 3. The molecule has 2 aromatic rings. The SMILES string of the molecule is COc1cccc(C(=O)N(C2CCCCC2)C2CC(=O)N(c3ccc(Cl)cc3)C2=O)c1. The molecule has 0 radical (unpaired) electrons. The molecule has 1 saturated heterocycles. The van der Waals surface area contributed by atoms with Gasteiger partial charge in [-0.25, -0.2) is 4.90 Å². The second-order valence-corrected chi connectivity index (χ2v) is 8.44. The average Bonchev–Trinajstić information content (AvgIpc) is 3.09. The number of carbonyl (C=O) groups excluding carboxylic acids is 3. The van der Waals surface area contributed by atoms with E-state index in [-0.39, 0.29) is 30.2 Å². The van der Waals surface area contributed by atoms with Crippen LogP contribution in [0.5, 0.6) is 5.75 Å². The van der Waals surface area contributed by atoms with Crippen molar-refractivity contribution >= 4 is 35.0 Å². The molecule has 4 rings (SSSR count). The van der Waals surface area contributed by atoms with Crippen molar-refractivity contribution in [3.8, 4) is 5.75 Å². The topological polar surface area (TPSA) is 66.9 Å². The highest BCUT2D eigenvalue weighted by Crippen LogP contribution is 2.33. The van der Waals surface area contributed by atoms with Gasteiger partial charge < -0.3 is 9.64 Å². The minimum absolute atomic E-state index is 0.0202. The van der Waals surface area contributed by atoms with Crippen LogP contribution in [-0.4, -0.2) is 41.8 Å². The third-order valence-electron chi connectivity index (χ3n) is 6.06. The highest BCUT2D eigenvalue weighted by Gasteiger charge is 2.46. The maximum Gasteiger partial charge on any atom is 0.257 e. The van der Waals surface area contributed by atoms with Crippen LogP contribution in [0.4, 0.5) is 5.69 Å². The van der Waals surface area contributed by atoms with Gasteiger partial charge in [0.1, 0.15) is 11.8 Å². The number of hydrogen-bond acceptors (Lipinski definition) is 4. The van der Waals surface area contributed by atoms with Crippen LogP contribution >= 0.6 is 11.6 Å². The van der Waals surface area contributed by atoms with E-state index in [2.05, 4.69) is 0 Å². The Morgan fingerprint density at radius 2 is 1.77 bits per heavy atom. The van der Waals surface area contributed by atoms with E-state index < -0.39 is 6.04 Å². The van der Waals surface area contributed by atoms with Gasteiger partial charge in [-0.2, -0.15) is 0 Å². The second-order valence-electron chi connectivity index (χ2n) is 8.00. The van der Waals surface area contributed by atoms with E-state index in [9.17, 15) is 14.4 Å².